The number of aromatic amines is 1. The van der Waals surface area contributed by atoms with Crippen molar-refractivity contribution in [2.75, 3.05) is 10.6 Å². The van der Waals surface area contributed by atoms with Crippen LogP contribution in [-0.2, 0) is 13.1 Å². The first-order chi connectivity index (χ1) is 13.4. The standard InChI is InChI=1S/C18H21N5O5/c1-3-4-7-22-15(19)14(16(24)20-18(22)26)23(10-12-6-5-8-27-12)17(25)13-9-11(2)21-28-13/h5-6,8-9H,3-4,7,10,19H2,1-2H3,(H,20,24,26). The molecule has 0 spiro atoms. The van der Waals surface area contributed by atoms with E-state index in [-0.39, 0.29) is 23.8 Å². The lowest BCUT2D eigenvalue weighted by atomic mass is 10.2. The summed E-state index contributed by atoms with van der Waals surface area (Å²) in [5.41, 5.74) is 5.12. The SMILES string of the molecule is CCCCn1c(N)c(N(Cc2ccco2)C(=O)c2cc(C)no2)c(=O)[nH]c1=O. The van der Waals surface area contributed by atoms with Crippen molar-refractivity contribution in [1.82, 2.24) is 14.7 Å². The third-order valence-corrected chi connectivity index (χ3v) is 4.20. The first kappa shape index (κ1) is 19.2. The van der Waals surface area contributed by atoms with Gasteiger partial charge in [-0.3, -0.25) is 24.0 Å². The Morgan fingerprint density at radius 1 is 1.39 bits per heavy atom. The van der Waals surface area contributed by atoms with Gasteiger partial charge in [-0.05, 0) is 25.5 Å². The normalized spacial score (nSPS) is 10.9. The Labute approximate surface area is 159 Å². The fraction of sp³-hybridized carbons (Fsp3) is 0.333. The molecule has 3 rings (SSSR count). The van der Waals surface area contributed by atoms with Crippen LogP contribution < -0.4 is 21.9 Å². The second-order valence-electron chi connectivity index (χ2n) is 6.30. The van der Waals surface area contributed by atoms with E-state index in [1.54, 1.807) is 19.1 Å². The van der Waals surface area contributed by atoms with Crippen LogP contribution in [0.1, 0.15) is 41.8 Å². The number of anilines is 2. The van der Waals surface area contributed by atoms with Gasteiger partial charge < -0.3 is 14.7 Å². The molecule has 10 nitrogen and oxygen atoms in total. The van der Waals surface area contributed by atoms with Crippen LogP contribution in [0.25, 0.3) is 0 Å². The molecule has 0 fully saturated rings. The minimum atomic E-state index is -0.772. The van der Waals surface area contributed by atoms with Gasteiger partial charge in [0.2, 0.25) is 5.76 Å². The molecule has 148 valence electrons. The maximum atomic E-state index is 13.1. The highest BCUT2D eigenvalue weighted by Gasteiger charge is 2.28. The number of H-pyrrole nitrogens is 1. The Morgan fingerprint density at radius 3 is 2.79 bits per heavy atom. The number of amides is 1. The summed E-state index contributed by atoms with van der Waals surface area (Å²) in [5.74, 6) is -0.364. The van der Waals surface area contributed by atoms with Crippen LogP contribution in [0.3, 0.4) is 0 Å². The molecule has 10 heteroatoms. The smallest absolute Gasteiger partial charge is 0.330 e. The van der Waals surface area contributed by atoms with Crippen molar-refractivity contribution in [1.29, 1.82) is 0 Å². The van der Waals surface area contributed by atoms with Gasteiger partial charge in [-0.2, -0.15) is 0 Å². The summed E-state index contributed by atoms with van der Waals surface area (Å²) < 4.78 is 11.6. The van der Waals surface area contributed by atoms with Gasteiger partial charge in [-0.15, -0.1) is 0 Å². The summed E-state index contributed by atoms with van der Waals surface area (Å²) in [4.78, 5) is 41.2. The highest BCUT2D eigenvalue weighted by atomic mass is 16.5. The predicted octanol–water partition coefficient (Wildman–Crippen LogP) is 1.66. The Kier molecular flexibility index (Phi) is 5.48. The lowest BCUT2D eigenvalue weighted by Crippen LogP contribution is -2.40. The zero-order valence-electron chi connectivity index (χ0n) is 15.6. The van der Waals surface area contributed by atoms with Gasteiger partial charge in [0.1, 0.15) is 11.6 Å². The fourth-order valence-electron chi connectivity index (χ4n) is 2.78. The number of unbranched alkanes of at least 4 members (excludes halogenated alkanes) is 1. The number of carbonyl (C=O) groups excluding carboxylic acids is 1. The molecule has 0 aliphatic heterocycles. The molecule has 3 aromatic rings. The largest absolute Gasteiger partial charge is 0.467 e. The number of rotatable bonds is 7. The number of aromatic nitrogens is 3. The van der Waals surface area contributed by atoms with Gasteiger partial charge >= 0.3 is 5.69 Å². The molecule has 0 saturated carbocycles. The average molecular weight is 387 g/mol. The Bertz CT molecular complexity index is 1080. The molecule has 0 aliphatic rings. The van der Waals surface area contributed by atoms with Crippen LogP contribution in [-0.4, -0.2) is 20.6 Å². The van der Waals surface area contributed by atoms with Crippen molar-refractivity contribution in [2.24, 2.45) is 0 Å². The first-order valence-corrected chi connectivity index (χ1v) is 8.82. The summed E-state index contributed by atoms with van der Waals surface area (Å²) >= 11 is 0. The van der Waals surface area contributed by atoms with Gasteiger partial charge in [0.15, 0.2) is 5.69 Å². The van der Waals surface area contributed by atoms with Crippen LogP contribution in [0.5, 0.6) is 0 Å². The fourth-order valence-corrected chi connectivity index (χ4v) is 2.78. The van der Waals surface area contributed by atoms with E-state index in [9.17, 15) is 14.4 Å². The van der Waals surface area contributed by atoms with Crippen molar-refractivity contribution in [3.63, 3.8) is 0 Å². The maximum Gasteiger partial charge on any atom is 0.330 e. The van der Waals surface area contributed by atoms with E-state index in [1.165, 1.54) is 16.9 Å². The van der Waals surface area contributed by atoms with E-state index in [4.69, 9.17) is 14.7 Å². The van der Waals surface area contributed by atoms with E-state index < -0.39 is 17.2 Å². The van der Waals surface area contributed by atoms with Gasteiger partial charge in [-0.25, -0.2) is 4.79 Å². The minimum Gasteiger partial charge on any atom is -0.467 e. The van der Waals surface area contributed by atoms with Gasteiger partial charge in [0, 0.05) is 12.6 Å². The predicted molar refractivity (Wildman–Crippen MR) is 101 cm³/mol. The van der Waals surface area contributed by atoms with Crippen molar-refractivity contribution in [3.8, 4) is 0 Å². The summed E-state index contributed by atoms with van der Waals surface area (Å²) in [6.45, 7) is 3.87. The number of nitrogens with zero attached hydrogens (tertiary/aromatic N) is 3. The zero-order valence-corrected chi connectivity index (χ0v) is 15.6. The zero-order chi connectivity index (χ0) is 20.3. The van der Waals surface area contributed by atoms with E-state index in [0.29, 0.717) is 24.4 Å². The van der Waals surface area contributed by atoms with Crippen molar-refractivity contribution in [2.45, 2.75) is 39.8 Å². The molecule has 3 heterocycles. The van der Waals surface area contributed by atoms with Gasteiger partial charge in [-0.1, -0.05) is 18.5 Å². The lowest BCUT2D eigenvalue weighted by Gasteiger charge is -2.22. The Balaban J connectivity index is 2.13. The van der Waals surface area contributed by atoms with E-state index >= 15 is 0 Å². The molecule has 0 aromatic carbocycles. The van der Waals surface area contributed by atoms with Crippen LogP contribution in [0, 0.1) is 6.92 Å². The quantitative estimate of drug-likeness (QED) is 0.628. The number of hydrogen-bond donors (Lipinski definition) is 2. The van der Waals surface area contributed by atoms with Crippen molar-refractivity contribution in [3.05, 3.63) is 62.5 Å². The van der Waals surface area contributed by atoms with Crippen molar-refractivity contribution >= 4 is 17.4 Å². The summed E-state index contributed by atoms with van der Waals surface area (Å²) in [7, 11) is 0. The third kappa shape index (κ3) is 3.75. The molecular formula is C18H21N5O5. The molecule has 0 aliphatic carbocycles. The summed E-state index contributed by atoms with van der Waals surface area (Å²) in [6.07, 6.45) is 2.96. The molecule has 0 radical (unpaired) electrons. The number of nitrogens with two attached hydrogens (primary N) is 1. The average Bonchev–Trinajstić information content (AvgIpc) is 3.31. The maximum absolute atomic E-state index is 13.1. The number of aryl methyl sites for hydroxylation is 1. The highest BCUT2D eigenvalue weighted by molar-refractivity contribution is 6.05. The van der Waals surface area contributed by atoms with Gasteiger partial charge in [0.25, 0.3) is 11.5 Å². The van der Waals surface area contributed by atoms with E-state index in [2.05, 4.69) is 10.1 Å². The third-order valence-electron chi connectivity index (χ3n) is 4.20. The number of furan rings is 1. The molecule has 0 atom stereocenters. The molecule has 28 heavy (non-hydrogen) atoms. The molecular weight excluding hydrogens is 366 g/mol. The van der Waals surface area contributed by atoms with E-state index in [0.717, 1.165) is 11.3 Å². The highest BCUT2D eigenvalue weighted by Crippen LogP contribution is 2.22. The second kappa shape index (κ2) is 7.99. The first-order valence-electron chi connectivity index (χ1n) is 8.82. The number of nitrogens with one attached hydrogen (secondary N) is 1. The van der Waals surface area contributed by atoms with Crippen LogP contribution in [0.15, 0.2) is 43.0 Å². The monoisotopic (exact) mass is 387 g/mol. The molecule has 1 amide bonds. The topological polar surface area (TPSA) is 140 Å². The Morgan fingerprint density at radius 2 is 2.18 bits per heavy atom. The molecule has 3 aromatic heterocycles. The summed E-state index contributed by atoms with van der Waals surface area (Å²) in [6, 6.07) is 4.77. The number of nitrogen functional groups attached to an aromatic ring is 1. The lowest BCUT2D eigenvalue weighted by molar-refractivity contribution is 0.0947. The number of carbonyl (C=O) groups is 1. The molecule has 3 N–H and O–H groups in total. The Hall–Kier alpha value is -3.56. The van der Waals surface area contributed by atoms with Crippen molar-refractivity contribution < 1.29 is 13.7 Å². The van der Waals surface area contributed by atoms with Crippen LogP contribution in [0.4, 0.5) is 11.5 Å². The summed E-state index contributed by atoms with van der Waals surface area (Å²) in [5, 5.41) is 3.71. The van der Waals surface area contributed by atoms with Gasteiger partial charge in [0.05, 0.1) is 18.5 Å². The van der Waals surface area contributed by atoms with E-state index in [1.807, 2.05) is 6.92 Å². The van der Waals surface area contributed by atoms with Crippen LogP contribution in [0.2, 0.25) is 0 Å². The number of hydrogen-bond acceptors (Lipinski definition) is 7. The molecule has 0 saturated heterocycles. The molecule has 0 bridgehead atoms. The second-order valence-corrected chi connectivity index (χ2v) is 6.30. The van der Waals surface area contributed by atoms with Crippen LogP contribution >= 0.6 is 0 Å². The minimum absolute atomic E-state index is 0.0610. The molecule has 0 unspecified atom stereocenters.